The molecule has 10 heteroatoms. The summed E-state index contributed by atoms with van der Waals surface area (Å²) in [6.07, 6.45) is 10.5. The van der Waals surface area contributed by atoms with Crippen molar-refractivity contribution < 1.29 is 0 Å². The highest BCUT2D eigenvalue weighted by Crippen LogP contribution is 2.47. The first-order chi connectivity index (χ1) is 65.5. The quantitative estimate of drug-likeness (QED) is 0.103. The van der Waals surface area contributed by atoms with Gasteiger partial charge in [0.05, 0.1) is 5.69 Å². The molecule has 0 aliphatic carbocycles. The minimum Gasteiger partial charge on any atom is -0.265 e. The number of pyridine rings is 2. The molecule has 20 aromatic carbocycles. The molecular weight excluding hydrogens is 1610 g/mol. The van der Waals surface area contributed by atoms with E-state index in [0.717, 1.165) is 89.4 Å². The van der Waals surface area contributed by atoms with Crippen LogP contribution in [-0.2, 0) is 0 Å². The molecule has 0 saturated carbocycles. The Balaban J connectivity index is 0.000000113. The largest absolute Gasteiger partial charge is 0.265 e. The van der Waals surface area contributed by atoms with Gasteiger partial charge in [0.1, 0.15) is 6.33 Å². The van der Waals surface area contributed by atoms with E-state index in [9.17, 15) is 0 Å². The second-order valence-electron chi connectivity index (χ2n) is 32.7. The van der Waals surface area contributed by atoms with Gasteiger partial charge in [0.15, 0.2) is 34.9 Å². The molecule has 0 unspecified atom stereocenters. The second kappa shape index (κ2) is 34.8. The Morgan fingerprint density at radius 3 is 0.705 bits per heavy atom. The van der Waals surface area contributed by atoms with Crippen LogP contribution in [0.4, 0.5) is 0 Å². The molecule has 5 aromatic heterocycles. The van der Waals surface area contributed by atoms with Crippen molar-refractivity contribution in [3.05, 3.63) is 474 Å². The lowest BCUT2D eigenvalue weighted by atomic mass is 9.88. The second-order valence-corrected chi connectivity index (χ2v) is 32.7. The average Bonchev–Trinajstić information content (AvgIpc) is 0.745. The summed E-state index contributed by atoms with van der Waals surface area (Å²) in [5.41, 5.74) is 21.3. The van der Waals surface area contributed by atoms with Crippen LogP contribution in [0.5, 0.6) is 0 Å². The zero-order chi connectivity index (χ0) is 87.6. The molecule has 0 N–H and O–H groups in total. The Hall–Kier alpha value is -17.9. The molecule has 5 heterocycles. The highest BCUT2D eigenvalue weighted by molar-refractivity contribution is 6.28. The molecule has 0 amide bonds. The molecule has 25 rings (SSSR count). The maximum atomic E-state index is 5.03. The summed E-state index contributed by atoms with van der Waals surface area (Å²) in [6, 6.07) is 154. The van der Waals surface area contributed by atoms with E-state index in [0.29, 0.717) is 29.1 Å². The highest BCUT2D eigenvalue weighted by Gasteiger charge is 2.23. The lowest BCUT2D eigenvalue weighted by molar-refractivity contribution is 1.07. The van der Waals surface area contributed by atoms with Gasteiger partial charge in [0.25, 0.3) is 0 Å². The summed E-state index contributed by atoms with van der Waals surface area (Å²) < 4.78 is 0. The van der Waals surface area contributed by atoms with Crippen LogP contribution in [0.1, 0.15) is 0 Å². The predicted molar refractivity (Wildman–Crippen MR) is 545 cm³/mol. The van der Waals surface area contributed by atoms with Crippen molar-refractivity contribution in [1.82, 2.24) is 49.8 Å². The van der Waals surface area contributed by atoms with Crippen molar-refractivity contribution >= 4 is 97.0 Å². The van der Waals surface area contributed by atoms with Gasteiger partial charge in [-0.05, 0) is 212 Å². The van der Waals surface area contributed by atoms with Crippen LogP contribution < -0.4 is 0 Å². The highest BCUT2D eigenvalue weighted by atomic mass is 15.0. The predicted octanol–water partition coefficient (Wildman–Crippen LogP) is 31.1. The molecule has 25 aromatic rings. The van der Waals surface area contributed by atoms with Crippen LogP contribution in [-0.4, -0.2) is 49.8 Å². The Kier molecular flexibility index (Phi) is 20.8. The van der Waals surface area contributed by atoms with Gasteiger partial charge in [0, 0.05) is 69.9 Å². The summed E-state index contributed by atoms with van der Waals surface area (Å²) in [7, 11) is 0. The molecule has 0 aliphatic rings. The fourth-order valence-electron chi connectivity index (χ4n) is 19.0. The van der Waals surface area contributed by atoms with Crippen molar-refractivity contribution in [3.63, 3.8) is 0 Å². The third-order valence-electron chi connectivity index (χ3n) is 25.2. The Bertz CT molecular complexity index is 8240. The Morgan fingerprint density at radius 2 is 0.356 bits per heavy atom. The minimum absolute atomic E-state index is 0.589. The summed E-state index contributed by atoms with van der Waals surface area (Å²) in [5, 5.41) is 22.9. The smallest absolute Gasteiger partial charge is 0.164 e. The summed E-state index contributed by atoms with van der Waals surface area (Å²) in [4.78, 5) is 46.8. The van der Waals surface area contributed by atoms with Crippen LogP contribution in [0.2, 0.25) is 0 Å². The van der Waals surface area contributed by atoms with Gasteiger partial charge in [0.2, 0.25) is 0 Å². The standard InChI is InChI=1S/C43H27N5.C40H26N2.C39H25N3/c1-2-10-32(31(9-1)30-17-18-38-35-13-4-3-11-33(35)34-12-5-6-15-37(34)40(38)27-30)36-14-7-8-16-39(36)43-47-41(28-19-23-44-24-20-28)46-42(48-43)29-21-25-45-26-22-29;1-2-12-27(13-3-1)40-41-25-24-39(42-40)37-21-11-10-19-34(37)30-15-5-4-14-29(30)28-22-23-36-33-18-7-6-16-31(33)32-17-8-9-20-35(32)38(36)26-28;1-2-12-26(13-3-1)38-40-25-41-39(42-38)36-21-11-10-19-33(36)29-15-5-4-14-28(29)27-22-23-35-32-18-7-6-16-30(32)31-17-8-9-20-34(31)37(35)24-27/h1-27H;1-26H;1-25H. The van der Waals surface area contributed by atoms with E-state index in [1.165, 1.54) is 125 Å². The van der Waals surface area contributed by atoms with E-state index in [4.69, 9.17) is 24.9 Å². The van der Waals surface area contributed by atoms with Crippen LogP contribution in [0.25, 0.3) is 243 Å². The number of nitrogens with zero attached hydrogens (tertiary/aromatic N) is 10. The molecule has 132 heavy (non-hydrogen) atoms. The summed E-state index contributed by atoms with van der Waals surface area (Å²) >= 11 is 0. The van der Waals surface area contributed by atoms with E-state index < -0.39 is 0 Å². The Morgan fingerprint density at radius 1 is 0.121 bits per heavy atom. The lowest BCUT2D eigenvalue weighted by Gasteiger charge is -2.16. The number of hydrogen-bond donors (Lipinski definition) is 0. The fraction of sp³-hybridized carbons (Fsp3) is 0. The number of aromatic nitrogens is 10. The molecule has 0 fully saturated rings. The zero-order valence-electron chi connectivity index (χ0n) is 71.5. The van der Waals surface area contributed by atoms with E-state index >= 15 is 0 Å². The number of fused-ring (bicyclic) bond motifs is 18. The van der Waals surface area contributed by atoms with Crippen LogP contribution in [0, 0.1) is 0 Å². The molecular formula is C122H78N10. The average molecular weight is 1680 g/mol. The zero-order valence-corrected chi connectivity index (χ0v) is 71.5. The number of rotatable bonds is 13. The van der Waals surface area contributed by atoms with Gasteiger partial charge in [-0.15, -0.1) is 0 Å². The monoisotopic (exact) mass is 1680 g/mol. The first-order valence-corrected chi connectivity index (χ1v) is 44.3. The summed E-state index contributed by atoms with van der Waals surface area (Å²) in [6.45, 7) is 0. The van der Waals surface area contributed by atoms with E-state index in [1.807, 2.05) is 109 Å². The van der Waals surface area contributed by atoms with Gasteiger partial charge in [-0.1, -0.05) is 388 Å². The topological polar surface area (TPSA) is 129 Å². The molecule has 0 spiro atoms. The van der Waals surface area contributed by atoms with Crippen LogP contribution in [0.15, 0.2) is 474 Å². The van der Waals surface area contributed by atoms with Crippen molar-refractivity contribution in [3.8, 4) is 146 Å². The van der Waals surface area contributed by atoms with E-state index in [-0.39, 0.29) is 0 Å². The molecule has 616 valence electrons. The van der Waals surface area contributed by atoms with Crippen LogP contribution in [0.3, 0.4) is 0 Å². The minimum atomic E-state index is 0.589. The van der Waals surface area contributed by atoms with Gasteiger partial charge >= 0.3 is 0 Å². The maximum absolute atomic E-state index is 5.03. The van der Waals surface area contributed by atoms with Gasteiger partial charge in [-0.2, -0.15) is 0 Å². The van der Waals surface area contributed by atoms with Crippen LogP contribution >= 0.6 is 0 Å². The molecule has 0 radical (unpaired) electrons. The van der Waals surface area contributed by atoms with Crippen molar-refractivity contribution in [2.75, 3.05) is 0 Å². The number of benzene rings is 20. The van der Waals surface area contributed by atoms with E-state index in [2.05, 4.69) is 359 Å². The molecule has 10 nitrogen and oxygen atoms in total. The summed E-state index contributed by atoms with van der Waals surface area (Å²) in [5.74, 6) is 3.83. The van der Waals surface area contributed by atoms with E-state index in [1.54, 1.807) is 31.1 Å². The first-order valence-electron chi connectivity index (χ1n) is 44.3. The molecule has 0 bridgehead atoms. The maximum Gasteiger partial charge on any atom is 0.164 e. The third-order valence-corrected chi connectivity index (χ3v) is 25.2. The normalized spacial score (nSPS) is 11.3. The lowest BCUT2D eigenvalue weighted by Crippen LogP contribution is -2.01. The Labute approximate surface area is 762 Å². The van der Waals surface area contributed by atoms with Gasteiger partial charge in [-0.25, -0.2) is 39.9 Å². The van der Waals surface area contributed by atoms with Gasteiger partial charge in [-0.3, -0.25) is 9.97 Å². The fourth-order valence-corrected chi connectivity index (χ4v) is 19.0. The number of hydrogen-bond acceptors (Lipinski definition) is 10. The molecule has 0 aliphatic heterocycles. The van der Waals surface area contributed by atoms with Crippen molar-refractivity contribution in [2.24, 2.45) is 0 Å². The first kappa shape index (κ1) is 78.8. The SMILES string of the molecule is c1ccc(-c2ccccc2-c2nc(-c3ccncc3)nc(-c3ccncc3)n2)c(-c2ccc3c4ccccc4c4ccccc4c3c2)c1.c1ccc(-c2nccc(-c3ccccc3-c3ccccc3-c3ccc4c5ccccc5c5ccccc5c4c3)n2)cc1.c1ccc(-c2ncnc(-c3ccccc3-c3ccccc3-c3ccc4c5ccccc5c5ccccc5c4c3)n2)cc1. The molecule has 0 saturated heterocycles. The van der Waals surface area contributed by atoms with Crippen molar-refractivity contribution in [1.29, 1.82) is 0 Å². The third kappa shape index (κ3) is 14.9. The van der Waals surface area contributed by atoms with Gasteiger partial charge < -0.3 is 0 Å². The molecule has 0 atom stereocenters. The van der Waals surface area contributed by atoms with Crippen molar-refractivity contribution in [2.45, 2.75) is 0 Å².